The zero-order chi connectivity index (χ0) is 41.9. The Bertz CT molecular complexity index is 2460. The van der Waals surface area contributed by atoms with E-state index in [0.717, 1.165) is 18.3 Å². The lowest BCUT2D eigenvalue weighted by molar-refractivity contribution is -0.0281. The van der Waals surface area contributed by atoms with E-state index in [0.29, 0.717) is 5.92 Å². The van der Waals surface area contributed by atoms with Crippen LogP contribution in [0.5, 0.6) is 0 Å². The fraction of sp³-hybridized carbons (Fsp3) is 0.300. The van der Waals surface area contributed by atoms with Gasteiger partial charge in [-0.1, -0.05) is 175 Å². The van der Waals surface area contributed by atoms with E-state index in [2.05, 4.69) is 205 Å². The molecule has 0 saturated heterocycles. The summed E-state index contributed by atoms with van der Waals surface area (Å²) in [5.41, 5.74) is 16.5. The van der Waals surface area contributed by atoms with Gasteiger partial charge in [-0.2, -0.15) is 0 Å². The van der Waals surface area contributed by atoms with Gasteiger partial charge in [-0.3, -0.25) is 0 Å². The number of benzene rings is 7. The standard InChI is InChI=1S/C60H62Si/c1-41-30-43(3)57(44(4)31-41)56(58-45(5)32-42(2)33-46(58)6)35-47-22-24-50(25-23-47)59-36-48-34-49(37-59)39-60(38-48,40-59)51-26-28-55(29-27-51)61(52-16-10-7-11-17-52,53-18-12-8-13-19-53)54-20-14-9-15-21-54/h7-33,48-49,56H,34-40H2,1-6H3. The van der Waals surface area contributed by atoms with E-state index < -0.39 is 8.07 Å². The molecule has 0 amide bonds. The predicted molar refractivity (Wildman–Crippen MR) is 261 cm³/mol. The molecule has 0 aromatic heterocycles. The molecule has 0 nitrogen and oxygen atoms in total. The minimum Gasteiger partial charge on any atom is -0.0623 e. The van der Waals surface area contributed by atoms with Gasteiger partial charge in [-0.05, 0) is 180 Å². The van der Waals surface area contributed by atoms with Crippen LogP contribution < -0.4 is 20.7 Å². The van der Waals surface area contributed by atoms with Crippen molar-refractivity contribution in [1.29, 1.82) is 0 Å². The Balaban J connectivity index is 0.995. The highest BCUT2D eigenvalue weighted by Gasteiger charge is 2.58. The third-order valence-electron chi connectivity index (χ3n) is 15.8. The molecule has 11 rings (SSSR count). The SMILES string of the molecule is Cc1cc(C)c(C(Cc2ccc(C34CC5CC(C3)CC(c3ccc([Si](c6ccccc6)(c6ccccc6)c6ccccc6)cc3)(C5)C4)cc2)c2c(C)cc(C)cc2C)c(C)c1. The summed E-state index contributed by atoms with van der Waals surface area (Å²) in [4.78, 5) is 0. The maximum atomic E-state index is 2.58. The lowest BCUT2D eigenvalue weighted by Gasteiger charge is -2.63. The van der Waals surface area contributed by atoms with E-state index in [-0.39, 0.29) is 10.8 Å². The normalized spacial score (nSPS) is 21.9. The highest BCUT2D eigenvalue weighted by Crippen LogP contribution is 2.66. The number of rotatable bonds is 10. The molecule has 7 aromatic rings. The maximum Gasteiger partial charge on any atom is 0.179 e. The molecule has 2 atom stereocenters. The summed E-state index contributed by atoms with van der Waals surface area (Å²) >= 11 is 0. The number of aryl methyl sites for hydroxylation is 6. The minimum absolute atomic E-state index is 0.240. The van der Waals surface area contributed by atoms with Crippen LogP contribution >= 0.6 is 0 Å². The van der Waals surface area contributed by atoms with Crippen molar-refractivity contribution in [3.63, 3.8) is 0 Å². The molecule has 61 heavy (non-hydrogen) atoms. The monoisotopic (exact) mass is 810 g/mol. The molecule has 1 heteroatoms. The first-order valence-electron chi connectivity index (χ1n) is 23.1. The third-order valence-corrected chi connectivity index (χ3v) is 20.6. The quantitative estimate of drug-likeness (QED) is 0.0953. The van der Waals surface area contributed by atoms with Crippen LogP contribution in [0.3, 0.4) is 0 Å². The molecule has 0 N–H and O–H groups in total. The average molecular weight is 811 g/mol. The Hall–Kier alpha value is -5.24. The first kappa shape index (κ1) is 39.9. The fourth-order valence-electron chi connectivity index (χ4n) is 14.1. The largest absolute Gasteiger partial charge is 0.179 e. The molecule has 0 aliphatic heterocycles. The molecule has 0 radical (unpaired) electrons. The van der Waals surface area contributed by atoms with Gasteiger partial charge in [0.1, 0.15) is 0 Å². The molecule has 4 aliphatic carbocycles. The Labute approximate surface area is 367 Å². The van der Waals surface area contributed by atoms with E-state index >= 15 is 0 Å². The van der Waals surface area contributed by atoms with E-state index in [4.69, 9.17) is 0 Å². The summed E-state index contributed by atoms with van der Waals surface area (Å²) in [6, 6.07) is 64.2. The molecular formula is C60H62Si. The van der Waals surface area contributed by atoms with Gasteiger partial charge in [-0.25, -0.2) is 0 Å². The van der Waals surface area contributed by atoms with Crippen LogP contribution in [0.2, 0.25) is 0 Å². The minimum atomic E-state index is -2.56. The second-order valence-corrected chi connectivity index (χ2v) is 23.8. The Morgan fingerprint density at radius 3 is 1.16 bits per heavy atom. The third kappa shape index (κ3) is 6.89. The molecule has 0 spiro atoms. The highest BCUT2D eigenvalue weighted by molar-refractivity contribution is 7.19. The Kier molecular flexibility index (Phi) is 10.2. The average Bonchev–Trinajstić information content (AvgIpc) is 3.24. The molecule has 306 valence electrons. The van der Waals surface area contributed by atoms with Crippen molar-refractivity contribution in [2.45, 2.75) is 103 Å². The van der Waals surface area contributed by atoms with E-state index in [1.54, 1.807) is 11.1 Å². The van der Waals surface area contributed by atoms with E-state index in [1.807, 2.05) is 0 Å². The molecule has 7 aromatic carbocycles. The predicted octanol–water partition coefficient (Wildman–Crippen LogP) is 12.1. The second kappa shape index (κ2) is 15.6. The van der Waals surface area contributed by atoms with Gasteiger partial charge in [0.25, 0.3) is 0 Å². The molecule has 4 bridgehead atoms. The van der Waals surface area contributed by atoms with E-state index in [9.17, 15) is 0 Å². The molecule has 4 saturated carbocycles. The van der Waals surface area contributed by atoms with Gasteiger partial charge in [0.2, 0.25) is 0 Å². The first-order valence-corrected chi connectivity index (χ1v) is 25.1. The van der Waals surface area contributed by atoms with Crippen LogP contribution in [0.15, 0.2) is 164 Å². The van der Waals surface area contributed by atoms with Crippen molar-refractivity contribution in [3.8, 4) is 0 Å². The van der Waals surface area contributed by atoms with Crippen molar-refractivity contribution in [1.82, 2.24) is 0 Å². The van der Waals surface area contributed by atoms with Crippen molar-refractivity contribution in [2.24, 2.45) is 11.8 Å². The van der Waals surface area contributed by atoms with Crippen LogP contribution in [0.1, 0.15) is 106 Å². The van der Waals surface area contributed by atoms with Crippen molar-refractivity contribution in [3.05, 3.63) is 225 Å². The molecule has 2 unspecified atom stereocenters. The summed E-state index contributed by atoms with van der Waals surface area (Å²) in [7, 11) is -2.56. The van der Waals surface area contributed by atoms with Gasteiger partial charge in [0.05, 0.1) is 0 Å². The number of hydrogen-bond acceptors (Lipinski definition) is 0. The van der Waals surface area contributed by atoms with Crippen molar-refractivity contribution >= 4 is 28.8 Å². The summed E-state index contributed by atoms with van der Waals surface area (Å²) in [5.74, 6) is 1.93. The van der Waals surface area contributed by atoms with Gasteiger partial charge >= 0.3 is 0 Å². The zero-order valence-corrected chi connectivity index (χ0v) is 38.3. The zero-order valence-electron chi connectivity index (χ0n) is 37.3. The molecule has 0 heterocycles. The molecular weight excluding hydrogens is 749 g/mol. The summed E-state index contributed by atoms with van der Waals surface area (Å²) in [6.45, 7) is 13.8. The van der Waals surface area contributed by atoms with Crippen LogP contribution in [0, 0.1) is 53.4 Å². The molecule has 4 fully saturated rings. The first-order chi connectivity index (χ1) is 29.6. The number of hydrogen-bond donors (Lipinski definition) is 0. The van der Waals surface area contributed by atoms with Crippen molar-refractivity contribution < 1.29 is 0 Å². The lowest BCUT2D eigenvalue weighted by atomic mass is 9.42. The Morgan fingerprint density at radius 2 is 0.787 bits per heavy atom. The summed E-state index contributed by atoms with van der Waals surface area (Å²) in [6.07, 6.45) is 9.08. The second-order valence-electron chi connectivity index (χ2n) is 20.0. The van der Waals surface area contributed by atoms with Crippen molar-refractivity contribution in [2.75, 3.05) is 0 Å². The van der Waals surface area contributed by atoms with Gasteiger partial charge in [-0.15, -0.1) is 0 Å². The topological polar surface area (TPSA) is 0 Å². The van der Waals surface area contributed by atoms with E-state index in [1.165, 1.54) is 109 Å². The Morgan fingerprint density at radius 1 is 0.443 bits per heavy atom. The van der Waals surface area contributed by atoms with Crippen LogP contribution in [-0.2, 0) is 17.3 Å². The van der Waals surface area contributed by atoms with Crippen LogP contribution in [-0.4, -0.2) is 8.07 Å². The molecule has 4 aliphatic rings. The lowest BCUT2D eigenvalue weighted by Crippen LogP contribution is -2.74. The maximum absolute atomic E-state index is 2.58. The summed E-state index contributed by atoms with van der Waals surface area (Å²) < 4.78 is 0. The van der Waals surface area contributed by atoms with Gasteiger partial charge in [0, 0.05) is 5.92 Å². The fourth-order valence-corrected chi connectivity index (χ4v) is 18.9. The highest BCUT2D eigenvalue weighted by atomic mass is 28.3. The smallest absolute Gasteiger partial charge is 0.0623 e. The van der Waals surface area contributed by atoms with Gasteiger partial charge in [0.15, 0.2) is 8.07 Å². The van der Waals surface area contributed by atoms with Crippen LogP contribution in [0.4, 0.5) is 0 Å². The van der Waals surface area contributed by atoms with Gasteiger partial charge < -0.3 is 0 Å². The van der Waals surface area contributed by atoms with Crippen LogP contribution in [0.25, 0.3) is 0 Å². The summed E-state index contributed by atoms with van der Waals surface area (Å²) in [5, 5.41) is 5.80.